The van der Waals surface area contributed by atoms with Gasteiger partial charge in [-0.15, -0.1) is 0 Å². The number of fused-ring (bicyclic) bond motifs is 1. The first-order chi connectivity index (χ1) is 12.1. The average molecular weight is 353 g/mol. The van der Waals surface area contributed by atoms with E-state index in [4.69, 9.17) is 11.6 Å². The number of rotatable bonds is 5. The van der Waals surface area contributed by atoms with Crippen molar-refractivity contribution in [1.29, 1.82) is 5.26 Å². The van der Waals surface area contributed by atoms with E-state index in [2.05, 4.69) is 9.97 Å². The van der Waals surface area contributed by atoms with Gasteiger partial charge in [0.1, 0.15) is 17.4 Å². The van der Waals surface area contributed by atoms with Gasteiger partial charge in [0.25, 0.3) is 0 Å². The molecule has 0 aliphatic carbocycles. The predicted octanol–water partition coefficient (Wildman–Crippen LogP) is 4.14. The molecule has 25 heavy (non-hydrogen) atoms. The van der Waals surface area contributed by atoms with Crippen LogP contribution in [0.2, 0.25) is 5.02 Å². The topological polar surface area (TPSA) is 75.9 Å². The first-order valence-corrected chi connectivity index (χ1v) is 8.15. The summed E-state index contributed by atoms with van der Waals surface area (Å²) in [4.78, 5) is 9.33. The summed E-state index contributed by atoms with van der Waals surface area (Å²) in [5, 5.41) is 20.6. The SMILES string of the molecule is CN(C/C(O)=C(\C#N)c1nc2ccccc2[nH]1)Cc1ccccc1Cl. The standard InChI is InChI=1S/C19H17ClN4O/c1-24(11-13-6-2-3-7-15(13)20)12-18(25)14(10-21)19-22-16-8-4-5-9-17(16)23-19/h2-9,25H,11-12H2,1H3,(H,22,23)/b18-14-. The zero-order valence-electron chi connectivity index (χ0n) is 13.7. The third kappa shape index (κ3) is 3.82. The van der Waals surface area contributed by atoms with E-state index < -0.39 is 0 Å². The average Bonchev–Trinajstić information content (AvgIpc) is 3.01. The van der Waals surface area contributed by atoms with Crippen molar-refractivity contribution in [2.24, 2.45) is 0 Å². The third-order valence-electron chi connectivity index (χ3n) is 3.84. The van der Waals surface area contributed by atoms with Gasteiger partial charge >= 0.3 is 0 Å². The van der Waals surface area contributed by atoms with Crippen molar-refractivity contribution in [3.05, 3.63) is 70.7 Å². The Kier molecular flexibility index (Phi) is 5.03. The van der Waals surface area contributed by atoms with Crippen LogP contribution in [0, 0.1) is 11.3 Å². The van der Waals surface area contributed by atoms with Crippen LogP contribution < -0.4 is 0 Å². The predicted molar refractivity (Wildman–Crippen MR) is 99.0 cm³/mol. The number of aromatic amines is 1. The number of hydrogen-bond donors (Lipinski definition) is 2. The molecule has 0 aliphatic rings. The molecule has 1 heterocycles. The molecule has 2 aromatic carbocycles. The number of H-pyrrole nitrogens is 1. The van der Waals surface area contributed by atoms with Crippen molar-refractivity contribution in [3.63, 3.8) is 0 Å². The molecule has 0 saturated carbocycles. The summed E-state index contributed by atoms with van der Waals surface area (Å²) < 4.78 is 0. The van der Waals surface area contributed by atoms with Gasteiger partial charge in [0, 0.05) is 11.6 Å². The summed E-state index contributed by atoms with van der Waals surface area (Å²) in [5.74, 6) is 0.337. The van der Waals surface area contributed by atoms with Crippen molar-refractivity contribution >= 4 is 28.2 Å². The number of nitrogens with zero attached hydrogens (tertiary/aromatic N) is 3. The van der Waals surface area contributed by atoms with Crippen LogP contribution in [0.3, 0.4) is 0 Å². The summed E-state index contributed by atoms with van der Waals surface area (Å²) in [5.41, 5.74) is 2.67. The summed E-state index contributed by atoms with van der Waals surface area (Å²) in [6, 6.07) is 17.1. The minimum Gasteiger partial charge on any atom is -0.509 e. The Hall–Kier alpha value is -2.81. The van der Waals surface area contributed by atoms with Gasteiger partial charge in [-0.2, -0.15) is 5.26 Å². The second-order valence-electron chi connectivity index (χ2n) is 5.80. The number of aliphatic hydroxyl groups excluding tert-OH is 1. The number of likely N-dealkylation sites (N-methyl/N-ethyl adjacent to an activating group) is 1. The number of nitriles is 1. The molecule has 1 aromatic heterocycles. The Labute approximate surface area is 150 Å². The molecule has 5 nitrogen and oxygen atoms in total. The molecule has 0 atom stereocenters. The first-order valence-electron chi connectivity index (χ1n) is 7.77. The molecule has 0 unspecified atom stereocenters. The highest BCUT2D eigenvalue weighted by Crippen LogP contribution is 2.20. The molecule has 0 bridgehead atoms. The maximum absolute atomic E-state index is 10.4. The van der Waals surface area contributed by atoms with Gasteiger partial charge in [0.05, 0.1) is 17.6 Å². The molecule has 6 heteroatoms. The molecule has 3 aromatic rings. The number of aromatic nitrogens is 2. The first kappa shape index (κ1) is 17.0. The van der Waals surface area contributed by atoms with Gasteiger partial charge in [-0.1, -0.05) is 41.9 Å². The van der Waals surface area contributed by atoms with E-state index in [1.54, 1.807) is 0 Å². The number of aliphatic hydroxyl groups is 1. The van der Waals surface area contributed by atoms with Crippen molar-refractivity contribution in [2.75, 3.05) is 13.6 Å². The highest BCUT2D eigenvalue weighted by atomic mass is 35.5. The quantitative estimate of drug-likeness (QED) is 0.534. The van der Waals surface area contributed by atoms with Gasteiger partial charge in [-0.05, 0) is 30.8 Å². The van der Waals surface area contributed by atoms with E-state index in [9.17, 15) is 10.4 Å². The van der Waals surface area contributed by atoms with Gasteiger partial charge in [-0.3, -0.25) is 4.90 Å². The molecule has 0 fully saturated rings. The largest absolute Gasteiger partial charge is 0.509 e. The highest BCUT2D eigenvalue weighted by molar-refractivity contribution is 6.31. The minimum atomic E-state index is -0.0314. The van der Waals surface area contributed by atoms with Crippen molar-refractivity contribution in [3.8, 4) is 6.07 Å². The number of para-hydroxylation sites is 2. The Morgan fingerprint density at radius 1 is 1.24 bits per heavy atom. The van der Waals surface area contributed by atoms with E-state index in [1.165, 1.54) is 0 Å². The maximum Gasteiger partial charge on any atom is 0.152 e. The fraction of sp³-hybridized carbons (Fsp3) is 0.158. The van der Waals surface area contributed by atoms with Crippen molar-refractivity contribution in [2.45, 2.75) is 6.54 Å². The number of halogens is 1. The van der Waals surface area contributed by atoms with E-state index in [0.717, 1.165) is 16.6 Å². The fourth-order valence-corrected chi connectivity index (χ4v) is 2.83. The van der Waals surface area contributed by atoms with Crippen LogP contribution >= 0.6 is 11.6 Å². The Morgan fingerprint density at radius 3 is 2.68 bits per heavy atom. The lowest BCUT2D eigenvalue weighted by Crippen LogP contribution is -2.21. The zero-order chi connectivity index (χ0) is 17.8. The van der Waals surface area contributed by atoms with Crippen molar-refractivity contribution in [1.82, 2.24) is 14.9 Å². The number of benzene rings is 2. The molecule has 0 amide bonds. The van der Waals surface area contributed by atoms with Crippen molar-refractivity contribution < 1.29 is 5.11 Å². The smallest absolute Gasteiger partial charge is 0.152 e. The lowest BCUT2D eigenvalue weighted by Gasteiger charge is -2.17. The molecular formula is C19H17ClN4O. The lowest BCUT2D eigenvalue weighted by molar-refractivity contribution is 0.286. The van der Waals surface area contributed by atoms with Gasteiger partial charge in [-0.25, -0.2) is 4.98 Å². The Morgan fingerprint density at radius 2 is 1.96 bits per heavy atom. The third-order valence-corrected chi connectivity index (χ3v) is 4.21. The second-order valence-corrected chi connectivity index (χ2v) is 6.21. The summed E-state index contributed by atoms with van der Waals surface area (Å²) in [7, 11) is 1.85. The van der Waals surface area contributed by atoms with Gasteiger partial charge < -0.3 is 10.1 Å². The summed E-state index contributed by atoms with van der Waals surface area (Å²) in [6.07, 6.45) is 0. The number of allylic oxidation sites excluding steroid dienone is 1. The summed E-state index contributed by atoms with van der Waals surface area (Å²) in [6.45, 7) is 0.772. The number of hydrogen-bond acceptors (Lipinski definition) is 4. The molecule has 2 N–H and O–H groups in total. The highest BCUT2D eigenvalue weighted by Gasteiger charge is 2.15. The Balaban J connectivity index is 1.82. The Bertz CT molecular complexity index is 938. The molecule has 3 rings (SSSR count). The van der Waals surface area contributed by atoms with Crippen LogP contribution in [-0.2, 0) is 6.54 Å². The van der Waals surface area contributed by atoms with Gasteiger partial charge in [0.2, 0.25) is 0 Å². The molecule has 0 saturated heterocycles. The second kappa shape index (κ2) is 7.39. The van der Waals surface area contributed by atoms with Crippen LogP contribution in [0.4, 0.5) is 0 Å². The van der Waals surface area contributed by atoms with Crippen LogP contribution in [0.15, 0.2) is 54.3 Å². The number of nitrogens with one attached hydrogen (secondary N) is 1. The molecule has 0 radical (unpaired) electrons. The number of imidazole rings is 1. The van der Waals surface area contributed by atoms with E-state index >= 15 is 0 Å². The van der Waals surface area contributed by atoms with E-state index in [0.29, 0.717) is 17.4 Å². The van der Waals surface area contributed by atoms with Crippen LogP contribution in [0.5, 0.6) is 0 Å². The lowest BCUT2D eigenvalue weighted by atomic mass is 10.2. The monoisotopic (exact) mass is 352 g/mol. The maximum atomic E-state index is 10.4. The van der Waals surface area contributed by atoms with E-state index in [1.807, 2.05) is 66.5 Å². The van der Waals surface area contributed by atoms with Crippen LogP contribution in [0.25, 0.3) is 16.6 Å². The van der Waals surface area contributed by atoms with E-state index in [-0.39, 0.29) is 17.9 Å². The van der Waals surface area contributed by atoms with Gasteiger partial charge in [0.15, 0.2) is 5.82 Å². The normalized spacial score (nSPS) is 12.2. The van der Waals surface area contributed by atoms with Crippen LogP contribution in [-0.4, -0.2) is 33.6 Å². The zero-order valence-corrected chi connectivity index (χ0v) is 14.5. The molecule has 0 spiro atoms. The fourth-order valence-electron chi connectivity index (χ4n) is 2.63. The molecule has 0 aliphatic heterocycles. The van der Waals surface area contributed by atoms with Crippen LogP contribution in [0.1, 0.15) is 11.4 Å². The minimum absolute atomic E-state index is 0.0314. The molecule has 126 valence electrons. The molecular weight excluding hydrogens is 336 g/mol. The summed E-state index contributed by atoms with van der Waals surface area (Å²) >= 11 is 6.17.